The normalized spacial score (nSPS) is 12.9. The number of fused-ring (bicyclic) bond motifs is 3. The monoisotopic (exact) mass is 475 g/mol. The van der Waals surface area contributed by atoms with Gasteiger partial charge in [-0.3, -0.25) is 14.4 Å². The number of carboxylic acids is 1. The predicted octanol–water partition coefficient (Wildman–Crippen LogP) is 1.87. The first kappa shape index (κ1) is 24.6. The Hall–Kier alpha value is -4.02. The molecule has 0 aliphatic heterocycles. The first-order chi connectivity index (χ1) is 16.3. The molecule has 1 aliphatic rings. The predicted molar refractivity (Wildman–Crippen MR) is 116 cm³/mol. The van der Waals surface area contributed by atoms with E-state index < -0.39 is 55.9 Å². The molecule has 9 nitrogen and oxygen atoms in total. The van der Waals surface area contributed by atoms with Gasteiger partial charge in [-0.1, -0.05) is 48.5 Å². The number of carboxylic acid groups (broad SMARTS) is 1. The van der Waals surface area contributed by atoms with Crippen LogP contribution < -0.4 is 16.0 Å². The van der Waals surface area contributed by atoms with Gasteiger partial charge in [0.05, 0.1) is 19.5 Å². The lowest BCUT2D eigenvalue weighted by atomic mass is 9.98. The molecule has 0 radical (unpaired) electrons. The van der Waals surface area contributed by atoms with Crippen LogP contribution in [0.5, 0.6) is 0 Å². The summed E-state index contributed by atoms with van der Waals surface area (Å²) in [6.07, 6.45) is -4.53. The van der Waals surface area contributed by atoms with Gasteiger partial charge < -0.3 is 25.8 Å². The van der Waals surface area contributed by atoms with Gasteiger partial charge in [0.25, 0.3) is 6.43 Å². The number of hydrogen-bond acceptors (Lipinski definition) is 5. The number of rotatable bonds is 10. The summed E-state index contributed by atoms with van der Waals surface area (Å²) in [6, 6.07) is 13.9. The van der Waals surface area contributed by atoms with E-state index in [4.69, 9.17) is 9.84 Å². The first-order valence-corrected chi connectivity index (χ1v) is 10.4. The maximum atomic E-state index is 12.4. The summed E-state index contributed by atoms with van der Waals surface area (Å²) in [5.74, 6) is -3.46. The van der Waals surface area contributed by atoms with E-state index >= 15 is 0 Å². The van der Waals surface area contributed by atoms with Crippen molar-refractivity contribution in [3.05, 3.63) is 59.7 Å². The summed E-state index contributed by atoms with van der Waals surface area (Å²) in [5, 5.41) is 15.2. The van der Waals surface area contributed by atoms with E-state index in [-0.39, 0.29) is 12.5 Å². The number of aliphatic carboxylic acids is 1. The van der Waals surface area contributed by atoms with Crippen LogP contribution >= 0.6 is 0 Å². The second-order valence-corrected chi connectivity index (χ2v) is 7.53. The number of nitrogens with one attached hydrogen (secondary N) is 3. The van der Waals surface area contributed by atoms with E-state index in [1.165, 1.54) is 0 Å². The second-order valence-electron chi connectivity index (χ2n) is 7.53. The number of halogens is 2. The fraction of sp³-hybridized carbons (Fsp3) is 0.304. The third-order valence-electron chi connectivity index (χ3n) is 5.21. The SMILES string of the molecule is O=C(O)CC(NC(=O)OCC1c2ccccc2-c2ccccc21)C(=O)NCC(=O)NCC(F)F. The molecule has 0 saturated carbocycles. The molecule has 11 heteroatoms. The summed E-state index contributed by atoms with van der Waals surface area (Å²) in [7, 11) is 0. The van der Waals surface area contributed by atoms with E-state index in [1.54, 1.807) is 0 Å². The van der Waals surface area contributed by atoms with Gasteiger partial charge in [-0.15, -0.1) is 0 Å². The van der Waals surface area contributed by atoms with Crippen molar-refractivity contribution in [3.63, 3.8) is 0 Å². The number of benzene rings is 2. The second kappa shape index (κ2) is 11.2. The molecule has 0 fully saturated rings. The first-order valence-electron chi connectivity index (χ1n) is 10.4. The average molecular weight is 475 g/mol. The zero-order valence-electron chi connectivity index (χ0n) is 17.9. The number of alkyl halides is 2. The van der Waals surface area contributed by atoms with Crippen molar-refractivity contribution in [2.75, 3.05) is 19.7 Å². The molecule has 1 aliphatic carbocycles. The van der Waals surface area contributed by atoms with Crippen molar-refractivity contribution in [3.8, 4) is 11.1 Å². The summed E-state index contributed by atoms with van der Waals surface area (Å²) in [5.41, 5.74) is 4.01. The minimum absolute atomic E-state index is 0.0443. The molecule has 0 aromatic heterocycles. The van der Waals surface area contributed by atoms with Crippen molar-refractivity contribution in [1.29, 1.82) is 0 Å². The van der Waals surface area contributed by atoms with Crippen molar-refractivity contribution in [2.24, 2.45) is 0 Å². The Morgan fingerprint density at radius 3 is 2.09 bits per heavy atom. The Labute approximate surface area is 193 Å². The highest BCUT2D eigenvalue weighted by Crippen LogP contribution is 2.44. The topological polar surface area (TPSA) is 134 Å². The molecule has 3 amide bonds. The van der Waals surface area contributed by atoms with Crippen LogP contribution in [0.15, 0.2) is 48.5 Å². The Bertz CT molecular complexity index is 1030. The van der Waals surface area contributed by atoms with Gasteiger partial charge in [-0.05, 0) is 22.3 Å². The lowest BCUT2D eigenvalue weighted by Crippen LogP contribution is -2.50. The van der Waals surface area contributed by atoms with E-state index in [2.05, 4.69) is 10.6 Å². The average Bonchev–Trinajstić information content (AvgIpc) is 3.13. The number of carbonyl (C=O) groups is 4. The number of amides is 3. The molecule has 0 heterocycles. The van der Waals surface area contributed by atoms with Crippen molar-refractivity contribution in [2.45, 2.75) is 24.8 Å². The van der Waals surface area contributed by atoms with E-state index in [1.807, 2.05) is 53.8 Å². The number of carbonyl (C=O) groups excluding carboxylic acids is 3. The Morgan fingerprint density at radius 1 is 0.941 bits per heavy atom. The van der Waals surface area contributed by atoms with Crippen LogP contribution in [0.1, 0.15) is 23.5 Å². The largest absolute Gasteiger partial charge is 0.481 e. The van der Waals surface area contributed by atoms with Crippen LogP contribution in [0.4, 0.5) is 13.6 Å². The smallest absolute Gasteiger partial charge is 0.407 e. The van der Waals surface area contributed by atoms with Crippen molar-refractivity contribution in [1.82, 2.24) is 16.0 Å². The minimum atomic E-state index is -2.75. The highest BCUT2D eigenvalue weighted by atomic mass is 19.3. The zero-order chi connectivity index (χ0) is 24.7. The molecule has 3 rings (SSSR count). The lowest BCUT2D eigenvalue weighted by Gasteiger charge is -2.18. The van der Waals surface area contributed by atoms with Crippen LogP contribution in [-0.4, -0.2) is 61.1 Å². The molecule has 2 aromatic carbocycles. The molecular weight excluding hydrogens is 452 g/mol. The third-order valence-corrected chi connectivity index (χ3v) is 5.21. The summed E-state index contributed by atoms with van der Waals surface area (Å²) >= 11 is 0. The molecule has 0 spiro atoms. The third kappa shape index (κ3) is 6.27. The molecule has 1 atom stereocenters. The Kier molecular flexibility index (Phi) is 8.12. The van der Waals surface area contributed by atoms with E-state index in [0.717, 1.165) is 22.3 Å². The molecule has 34 heavy (non-hydrogen) atoms. The summed E-state index contributed by atoms with van der Waals surface area (Å²) < 4.78 is 29.6. The number of ether oxygens (including phenoxy) is 1. The molecular formula is C23H23F2N3O6. The van der Waals surface area contributed by atoms with Crippen LogP contribution in [0.2, 0.25) is 0 Å². The van der Waals surface area contributed by atoms with E-state index in [0.29, 0.717) is 0 Å². The van der Waals surface area contributed by atoms with Gasteiger partial charge in [0.1, 0.15) is 12.6 Å². The van der Waals surface area contributed by atoms with Crippen molar-refractivity contribution >= 4 is 23.9 Å². The molecule has 1 unspecified atom stereocenters. The molecule has 180 valence electrons. The van der Waals surface area contributed by atoms with Crippen LogP contribution in [0.3, 0.4) is 0 Å². The van der Waals surface area contributed by atoms with Gasteiger partial charge in [0, 0.05) is 5.92 Å². The molecule has 2 aromatic rings. The van der Waals surface area contributed by atoms with Gasteiger partial charge in [0.15, 0.2) is 0 Å². The molecule has 0 saturated heterocycles. The van der Waals surface area contributed by atoms with Crippen LogP contribution in [0, 0.1) is 0 Å². The maximum absolute atomic E-state index is 12.4. The fourth-order valence-corrected chi connectivity index (χ4v) is 3.71. The minimum Gasteiger partial charge on any atom is -0.481 e. The highest BCUT2D eigenvalue weighted by molar-refractivity contribution is 5.92. The molecule has 0 bridgehead atoms. The van der Waals surface area contributed by atoms with Gasteiger partial charge in [-0.2, -0.15) is 0 Å². The Morgan fingerprint density at radius 2 is 1.53 bits per heavy atom. The van der Waals surface area contributed by atoms with Crippen molar-refractivity contribution < 1.29 is 37.8 Å². The van der Waals surface area contributed by atoms with Crippen LogP contribution in [-0.2, 0) is 19.1 Å². The van der Waals surface area contributed by atoms with Gasteiger partial charge in [0.2, 0.25) is 11.8 Å². The lowest BCUT2D eigenvalue weighted by molar-refractivity contribution is -0.139. The Balaban J connectivity index is 1.58. The van der Waals surface area contributed by atoms with Crippen LogP contribution in [0.25, 0.3) is 11.1 Å². The maximum Gasteiger partial charge on any atom is 0.407 e. The standard InChI is InChI=1S/C23H23F2N3O6/c24-19(25)10-26-20(29)11-27-22(32)18(9-21(30)31)28-23(33)34-12-17-15-7-3-1-5-13(15)14-6-2-4-8-16(14)17/h1-8,17-19H,9-12H2,(H,26,29)(H,27,32)(H,28,33)(H,30,31). The molecule has 4 N–H and O–H groups in total. The fourth-order valence-electron chi connectivity index (χ4n) is 3.71. The highest BCUT2D eigenvalue weighted by Gasteiger charge is 2.30. The summed E-state index contributed by atoms with van der Waals surface area (Å²) in [4.78, 5) is 47.2. The summed E-state index contributed by atoms with van der Waals surface area (Å²) in [6.45, 7) is -1.59. The van der Waals surface area contributed by atoms with Gasteiger partial charge >= 0.3 is 12.1 Å². The number of alkyl carbamates (subject to hydrolysis) is 1. The zero-order valence-corrected chi connectivity index (χ0v) is 17.9. The quantitative estimate of drug-likeness (QED) is 0.415. The van der Waals surface area contributed by atoms with Gasteiger partial charge in [-0.25, -0.2) is 13.6 Å². The number of hydrogen-bond donors (Lipinski definition) is 4. The van der Waals surface area contributed by atoms with E-state index in [9.17, 15) is 28.0 Å².